The predicted octanol–water partition coefficient (Wildman–Crippen LogP) is 4.33. The Morgan fingerprint density at radius 3 is 2.85 bits per heavy atom. The Kier molecular flexibility index (Phi) is 4.11. The van der Waals surface area contributed by atoms with Crippen molar-refractivity contribution in [3.8, 4) is 0 Å². The summed E-state index contributed by atoms with van der Waals surface area (Å²) < 4.78 is 2.42. The van der Waals surface area contributed by atoms with E-state index in [2.05, 4.69) is 54.2 Å². The van der Waals surface area contributed by atoms with Gasteiger partial charge >= 0.3 is 0 Å². The van der Waals surface area contributed by atoms with Crippen LogP contribution in [0, 0.1) is 5.92 Å². The molecule has 0 radical (unpaired) electrons. The van der Waals surface area contributed by atoms with Gasteiger partial charge in [0.15, 0.2) is 0 Å². The van der Waals surface area contributed by atoms with Gasteiger partial charge in [0.25, 0.3) is 0 Å². The molecule has 0 aliphatic heterocycles. The fourth-order valence-corrected chi connectivity index (χ4v) is 2.85. The minimum Gasteiger partial charge on any atom is -0.347 e. The molecule has 0 amide bonds. The van der Waals surface area contributed by atoms with Crippen LogP contribution in [0.15, 0.2) is 30.5 Å². The number of rotatable bonds is 7. The number of nitrogens with one attached hydrogen (secondary N) is 1. The Balaban J connectivity index is 1.72. The summed E-state index contributed by atoms with van der Waals surface area (Å²) in [5.74, 6) is 0.801. The average molecular weight is 270 g/mol. The van der Waals surface area contributed by atoms with Gasteiger partial charge in [0.05, 0.1) is 0 Å². The smallest absolute Gasteiger partial charge is 0.0483 e. The molecule has 0 saturated heterocycles. The van der Waals surface area contributed by atoms with Crippen LogP contribution in [0.4, 0.5) is 0 Å². The minimum atomic E-state index is 0.776. The molecule has 1 aromatic heterocycles. The van der Waals surface area contributed by atoms with Gasteiger partial charge in [0.2, 0.25) is 0 Å². The molecule has 1 heterocycles. The highest BCUT2D eigenvalue weighted by Gasteiger charge is 2.20. The summed E-state index contributed by atoms with van der Waals surface area (Å²) in [5.41, 5.74) is 2.83. The Morgan fingerprint density at radius 1 is 1.25 bits per heavy atom. The van der Waals surface area contributed by atoms with Crippen LogP contribution in [0.1, 0.15) is 45.1 Å². The first-order chi connectivity index (χ1) is 9.74. The highest BCUT2D eigenvalue weighted by atomic mass is 15.0. The van der Waals surface area contributed by atoms with E-state index in [1.54, 1.807) is 0 Å². The maximum atomic E-state index is 3.62. The third kappa shape index (κ3) is 3.24. The molecule has 1 saturated carbocycles. The summed E-state index contributed by atoms with van der Waals surface area (Å²) in [6.45, 7) is 6.75. The lowest BCUT2D eigenvalue weighted by molar-refractivity contribution is 0.518. The van der Waals surface area contributed by atoms with E-state index in [0.29, 0.717) is 0 Å². The average Bonchev–Trinajstić information content (AvgIpc) is 3.17. The van der Waals surface area contributed by atoms with Crippen LogP contribution in [0.5, 0.6) is 0 Å². The summed E-state index contributed by atoms with van der Waals surface area (Å²) in [6, 6.07) is 9.78. The number of hydrogen-bond donors (Lipinski definition) is 1. The van der Waals surface area contributed by atoms with Crippen molar-refractivity contribution in [1.82, 2.24) is 9.88 Å². The normalized spacial score (nSPS) is 15.3. The van der Waals surface area contributed by atoms with E-state index in [-0.39, 0.29) is 0 Å². The van der Waals surface area contributed by atoms with E-state index in [1.807, 2.05) is 0 Å². The SMILES string of the molecule is CC(C)CCCn1ccc2c(CNC3CC3)cccc21. The number of hydrogen-bond acceptors (Lipinski definition) is 1. The van der Waals surface area contributed by atoms with Crippen LogP contribution in [-0.4, -0.2) is 10.6 Å². The van der Waals surface area contributed by atoms with E-state index >= 15 is 0 Å². The largest absolute Gasteiger partial charge is 0.347 e. The minimum absolute atomic E-state index is 0.776. The van der Waals surface area contributed by atoms with Crippen molar-refractivity contribution in [2.24, 2.45) is 5.92 Å². The predicted molar refractivity (Wildman–Crippen MR) is 85.9 cm³/mol. The van der Waals surface area contributed by atoms with E-state index < -0.39 is 0 Å². The van der Waals surface area contributed by atoms with E-state index in [4.69, 9.17) is 0 Å². The lowest BCUT2D eigenvalue weighted by Gasteiger charge is -2.09. The van der Waals surface area contributed by atoms with Crippen molar-refractivity contribution in [2.45, 2.75) is 58.7 Å². The van der Waals surface area contributed by atoms with E-state index in [1.165, 1.54) is 42.1 Å². The van der Waals surface area contributed by atoms with Gasteiger partial charge in [-0.15, -0.1) is 0 Å². The summed E-state index contributed by atoms with van der Waals surface area (Å²) in [7, 11) is 0. The molecule has 0 bridgehead atoms. The van der Waals surface area contributed by atoms with E-state index in [0.717, 1.165) is 25.0 Å². The number of nitrogens with zero attached hydrogens (tertiary/aromatic N) is 1. The van der Waals surface area contributed by atoms with Crippen LogP contribution in [0.2, 0.25) is 0 Å². The molecule has 1 aliphatic rings. The third-order valence-electron chi connectivity index (χ3n) is 4.24. The lowest BCUT2D eigenvalue weighted by atomic mass is 10.1. The molecule has 2 nitrogen and oxygen atoms in total. The van der Waals surface area contributed by atoms with Crippen LogP contribution >= 0.6 is 0 Å². The Morgan fingerprint density at radius 2 is 2.10 bits per heavy atom. The molecule has 1 aliphatic carbocycles. The molecule has 3 rings (SSSR count). The fourth-order valence-electron chi connectivity index (χ4n) is 2.85. The number of aromatic nitrogens is 1. The maximum Gasteiger partial charge on any atom is 0.0483 e. The van der Waals surface area contributed by atoms with Crippen LogP contribution in [0.25, 0.3) is 10.9 Å². The van der Waals surface area contributed by atoms with Gasteiger partial charge in [-0.2, -0.15) is 0 Å². The van der Waals surface area contributed by atoms with Crippen molar-refractivity contribution >= 4 is 10.9 Å². The topological polar surface area (TPSA) is 17.0 Å². The first kappa shape index (κ1) is 13.7. The van der Waals surface area contributed by atoms with Gasteiger partial charge in [-0.1, -0.05) is 26.0 Å². The molecule has 1 fully saturated rings. The first-order valence-electron chi connectivity index (χ1n) is 8.04. The Bertz CT molecular complexity index is 564. The van der Waals surface area contributed by atoms with Gasteiger partial charge in [-0.05, 0) is 49.3 Å². The standard InChI is InChI=1S/C18H26N2/c1-14(2)5-4-11-20-12-10-17-15(6-3-7-18(17)20)13-19-16-8-9-16/h3,6-7,10,12,14,16,19H,4-5,8-9,11,13H2,1-2H3. The summed E-state index contributed by atoms with van der Waals surface area (Å²) >= 11 is 0. The fraction of sp³-hybridized carbons (Fsp3) is 0.556. The van der Waals surface area contributed by atoms with Crippen LogP contribution in [0.3, 0.4) is 0 Å². The van der Waals surface area contributed by atoms with Crippen molar-refractivity contribution in [3.63, 3.8) is 0 Å². The molecule has 0 atom stereocenters. The van der Waals surface area contributed by atoms with Crippen molar-refractivity contribution in [3.05, 3.63) is 36.0 Å². The third-order valence-corrected chi connectivity index (χ3v) is 4.24. The number of benzene rings is 1. The summed E-state index contributed by atoms with van der Waals surface area (Å²) in [4.78, 5) is 0. The molecule has 0 spiro atoms. The Hall–Kier alpha value is -1.28. The van der Waals surface area contributed by atoms with Crippen molar-refractivity contribution < 1.29 is 0 Å². The zero-order chi connectivity index (χ0) is 13.9. The monoisotopic (exact) mass is 270 g/mol. The zero-order valence-electron chi connectivity index (χ0n) is 12.7. The van der Waals surface area contributed by atoms with Gasteiger partial charge in [0.1, 0.15) is 0 Å². The lowest BCUT2D eigenvalue weighted by Crippen LogP contribution is -2.15. The second-order valence-corrected chi connectivity index (χ2v) is 6.55. The first-order valence-corrected chi connectivity index (χ1v) is 8.04. The quantitative estimate of drug-likeness (QED) is 0.792. The van der Waals surface area contributed by atoms with Crippen molar-refractivity contribution in [1.29, 1.82) is 0 Å². The van der Waals surface area contributed by atoms with Gasteiger partial charge in [-0.25, -0.2) is 0 Å². The second-order valence-electron chi connectivity index (χ2n) is 6.55. The highest BCUT2D eigenvalue weighted by molar-refractivity contribution is 5.83. The number of fused-ring (bicyclic) bond motifs is 1. The molecule has 1 N–H and O–H groups in total. The zero-order valence-corrected chi connectivity index (χ0v) is 12.7. The second kappa shape index (κ2) is 6.01. The van der Waals surface area contributed by atoms with E-state index in [9.17, 15) is 0 Å². The summed E-state index contributed by atoms with van der Waals surface area (Å²) in [6.07, 6.45) is 7.54. The molecule has 20 heavy (non-hydrogen) atoms. The van der Waals surface area contributed by atoms with Gasteiger partial charge in [-0.3, -0.25) is 0 Å². The van der Waals surface area contributed by atoms with Crippen LogP contribution < -0.4 is 5.32 Å². The molecule has 108 valence electrons. The molecule has 2 heteroatoms. The molecule has 0 unspecified atom stereocenters. The molecular formula is C18H26N2. The molecule has 1 aromatic carbocycles. The highest BCUT2D eigenvalue weighted by Crippen LogP contribution is 2.23. The van der Waals surface area contributed by atoms with Crippen LogP contribution in [-0.2, 0) is 13.1 Å². The van der Waals surface area contributed by atoms with Gasteiger partial charge < -0.3 is 9.88 Å². The van der Waals surface area contributed by atoms with Crippen molar-refractivity contribution in [2.75, 3.05) is 0 Å². The molecule has 2 aromatic rings. The Labute approximate surface area is 122 Å². The van der Waals surface area contributed by atoms with Gasteiger partial charge in [0, 0.05) is 36.2 Å². The summed E-state index contributed by atoms with van der Waals surface area (Å²) in [5, 5.41) is 5.04. The number of aryl methyl sites for hydroxylation is 1. The molecular weight excluding hydrogens is 244 g/mol. The maximum absolute atomic E-state index is 3.62.